The molecule has 134 valence electrons. The van der Waals surface area contributed by atoms with Crippen LogP contribution in [-0.4, -0.2) is 66.6 Å². The molecule has 0 aromatic carbocycles. The van der Waals surface area contributed by atoms with Crippen LogP contribution in [0.25, 0.3) is 0 Å². The molecule has 2 amide bonds. The molecule has 6 nitrogen and oxygen atoms in total. The standard InChI is InChI=1S/C17H26N2O4S/c1-5-7-22-16(20)18(4)11-13(3)9-14-10-15(24)12-19(14)17(21)23-8-6-2/h5-6,9,14-15,24H,1-2,7-8,10-12H2,3-4H3/t14-,15+/m1/s1. The first-order valence-electron chi connectivity index (χ1n) is 7.77. The third-order valence-electron chi connectivity index (χ3n) is 3.48. The van der Waals surface area contributed by atoms with E-state index in [9.17, 15) is 9.59 Å². The molecule has 0 bridgehead atoms. The SMILES string of the molecule is C=CCOC(=O)N(C)CC(C)=C[C@@H]1C[C@H](S)CN1C(=O)OCC=C. The van der Waals surface area contributed by atoms with E-state index < -0.39 is 6.09 Å². The van der Waals surface area contributed by atoms with Crippen molar-refractivity contribution >= 4 is 24.8 Å². The van der Waals surface area contributed by atoms with Gasteiger partial charge in [-0.25, -0.2) is 9.59 Å². The first kappa shape index (κ1) is 20.2. The Kier molecular flexibility index (Phi) is 8.46. The van der Waals surface area contributed by atoms with E-state index in [0.29, 0.717) is 13.1 Å². The average molecular weight is 354 g/mol. The second kappa shape index (κ2) is 10.1. The van der Waals surface area contributed by atoms with E-state index in [4.69, 9.17) is 9.47 Å². The normalized spacial score (nSPS) is 20.5. The van der Waals surface area contributed by atoms with E-state index in [0.717, 1.165) is 12.0 Å². The molecule has 0 aliphatic carbocycles. The number of nitrogens with zero attached hydrogens (tertiary/aromatic N) is 2. The van der Waals surface area contributed by atoms with Crippen molar-refractivity contribution < 1.29 is 19.1 Å². The lowest BCUT2D eigenvalue weighted by Gasteiger charge is -2.23. The molecule has 7 heteroatoms. The lowest BCUT2D eigenvalue weighted by molar-refractivity contribution is 0.113. The predicted molar refractivity (Wildman–Crippen MR) is 97.4 cm³/mol. The van der Waals surface area contributed by atoms with Gasteiger partial charge in [0.05, 0.1) is 6.04 Å². The Labute approximate surface area is 149 Å². The van der Waals surface area contributed by atoms with Crippen LogP contribution in [-0.2, 0) is 9.47 Å². The molecule has 1 saturated heterocycles. The van der Waals surface area contributed by atoms with Crippen molar-refractivity contribution in [3.63, 3.8) is 0 Å². The Morgan fingerprint density at radius 2 is 1.92 bits per heavy atom. The first-order valence-corrected chi connectivity index (χ1v) is 8.29. The van der Waals surface area contributed by atoms with Gasteiger partial charge < -0.3 is 19.3 Å². The average Bonchev–Trinajstić information content (AvgIpc) is 2.90. The zero-order valence-electron chi connectivity index (χ0n) is 14.3. The van der Waals surface area contributed by atoms with Crippen molar-refractivity contribution in [1.29, 1.82) is 0 Å². The summed E-state index contributed by atoms with van der Waals surface area (Å²) in [5.41, 5.74) is 0.960. The van der Waals surface area contributed by atoms with Crippen molar-refractivity contribution in [2.45, 2.75) is 24.6 Å². The summed E-state index contributed by atoms with van der Waals surface area (Å²) in [4.78, 5) is 27.0. The number of amides is 2. The molecule has 0 radical (unpaired) electrons. The molecule has 0 N–H and O–H groups in total. The first-order chi connectivity index (χ1) is 11.4. The number of carbonyl (C=O) groups excluding carboxylic acids is 2. The van der Waals surface area contributed by atoms with E-state index in [1.165, 1.54) is 17.1 Å². The number of ether oxygens (including phenoxy) is 2. The van der Waals surface area contributed by atoms with Gasteiger partial charge in [0.25, 0.3) is 0 Å². The number of likely N-dealkylation sites (N-methyl/N-ethyl adjacent to an activating group) is 1. The fraction of sp³-hybridized carbons (Fsp3) is 0.529. The van der Waals surface area contributed by atoms with Crippen molar-refractivity contribution in [2.75, 3.05) is 33.4 Å². The number of thiol groups is 1. The topological polar surface area (TPSA) is 59.1 Å². The maximum absolute atomic E-state index is 12.1. The van der Waals surface area contributed by atoms with Crippen LogP contribution in [0.4, 0.5) is 9.59 Å². The summed E-state index contributed by atoms with van der Waals surface area (Å²) in [7, 11) is 1.66. The maximum Gasteiger partial charge on any atom is 0.410 e. The minimum Gasteiger partial charge on any atom is -0.445 e. The van der Waals surface area contributed by atoms with Gasteiger partial charge in [-0.05, 0) is 13.3 Å². The second-order valence-electron chi connectivity index (χ2n) is 5.71. The summed E-state index contributed by atoms with van der Waals surface area (Å²) < 4.78 is 10.1. The van der Waals surface area contributed by atoms with Crippen LogP contribution in [0.3, 0.4) is 0 Å². The molecule has 1 aliphatic rings. The monoisotopic (exact) mass is 354 g/mol. The number of hydrogen-bond acceptors (Lipinski definition) is 5. The van der Waals surface area contributed by atoms with E-state index in [2.05, 4.69) is 25.8 Å². The molecule has 0 aromatic rings. The lowest BCUT2D eigenvalue weighted by atomic mass is 10.1. The van der Waals surface area contributed by atoms with Gasteiger partial charge in [0.15, 0.2) is 0 Å². The minimum absolute atomic E-state index is 0.0950. The molecule has 0 saturated carbocycles. The number of carbonyl (C=O) groups is 2. The summed E-state index contributed by atoms with van der Waals surface area (Å²) in [5.74, 6) is 0. The van der Waals surface area contributed by atoms with Crippen LogP contribution in [0.2, 0.25) is 0 Å². The van der Waals surface area contributed by atoms with E-state index >= 15 is 0 Å². The van der Waals surface area contributed by atoms with Gasteiger partial charge >= 0.3 is 12.2 Å². The number of rotatable bonds is 7. The molecular weight excluding hydrogens is 328 g/mol. The highest BCUT2D eigenvalue weighted by molar-refractivity contribution is 7.81. The zero-order chi connectivity index (χ0) is 18.1. The molecule has 1 rings (SSSR count). The highest BCUT2D eigenvalue weighted by Crippen LogP contribution is 2.24. The predicted octanol–water partition coefficient (Wildman–Crippen LogP) is 2.88. The summed E-state index contributed by atoms with van der Waals surface area (Å²) >= 11 is 4.47. The highest BCUT2D eigenvalue weighted by atomic mass is 32.1. The van der Waals surface area contributed by atoms with Gasteiger partial charge in [0.1, 0.15) is 13.2 Å². The van der Waals surface area contributed by atoms with E-state index in [-0.39, 0.29) is 30.6 Å². The van der Waals surface area contributed by atoms with Crippen LogP contribution in [0.15, 0.2) is 37.0 Å². The molecule has 2 atom stereocenters. The highest BCUT2D eigenvalue weighted by Gasteiger charge is 2.33. The molecule has 1 aliphatic heterocycles. The van der Waals surface area contributed by atoms with Crippen LogP contribution in [0.1, 0.15) is 13.3 Å². The van der Waals surface area contributed by atoms with Crippen molar-refractivity contribution in [3.8, 4) is 0 Å². The van der Waals surface area contributed by atoms with E-state index in [1.54, 1.807) is 11.9 Å². The molecule has 0 unspecified atom stereocenters. The van der Waals surface area contributed by atoms with Gasteiger partial charge in [-0.15, -0.1) is 0 Å². The second-order valence-corrected chi connectivity index (χ2v) is 6.44. The molecular formula is C17H26N2O4S. The molecule has 0 aromatic heterocycles. The number of hydrogen-bond donors (Lipinski definition) is 1. The Morgan fingerprint density at radius 3 is 2.54 bits per heavy atom. The fourth-order valence-corrected chi connectivity index (χ4v) is 2.88. The zero-order valence-corrected chi connectivity index (χ0v) is 15.2. The third kappa shape index (κ3) is 6.31. The fourth-order valence-electron chi connectivity index (χ4n) is 2.48. The summed E-state index contributed by atoms with van der Waals surface area (Å²) in [6.45, 7) is 10.3. The van der Waals surface area contributed by atoms with Gasteiger partial charge in [0.2, 0.25) is 0 Å². The summed E-state index contributed by atoms with van der Waals surface area (Å²) in [6, 6.07) is -0.0950. The van der Waals surface area contributed by atoms with Crippen LogP contribution in [0, 0.1) is 0 Å². The number of likely N-dealkylation sites (tertiary alicyclic amines) is 1. The van der Waals surface area contributed by atoms with Crippen LogP contribution in [0.5, 0.6) is 0 Å². The van der Waals surface area contributed by atoms with Crippen molar-refractivity contribution in [1.82, 2.24) is 9.80 Å². The minimum atomic E-state index is -0.414. The molecule has 1 heterocycles. The van der Waals surface area contributed by atoms with Crippen molar-refractivity contribution in [3.05, 3.63) is 37.0 Å². The lowest BCUT2D eigenvalue weighted by Crippen LogP contribution is -2.36. The van der Waals surface area contributed by atoms with Crippen molar-refractivity contribution in [2.24, 2.45) is 0 Å². The van der Waals surface area contributed by atoms with Gasteiger partial charge in [-0.1, -0.05) is 37.0 Å². The summed E-state index contributed by atoms with van der Waals surface area (Å²) in [6.07, 6.45) is 4.98. The quantitative estimate of drug-likeness (QED) is 0.564. The Bertz CT molecular complexity index is 507. The maximum atomic E-state index is 12.1. The molecule has 1 fully saturated rings. The van der Waals surface area contributed by atoms with E-state index in [1.807, 2.05) is 13.0 Å². The Balaban J connectivity index is 2.66. The largest absolute Gasteiger partial charge is 0.445 e. The van der Waals surface area contributed by atoms with Crippen LogP contribution >= 0.6 is 12.6 Å². The van der Waals surface area contributed by atoms with Gasteiger partial charge in [-0.3, -0.25) is 0 Å². The van der Waals surface area contributed by atoms with Crippen LogP contribution < -0.4 is 0 Å². The van der Waals surface area contributed by atoms with Gasteiger partial charge in [0, 0.05) is 25.4 Å². The Morgan fingerprint density at radius 1 is 1.29 bits per heavy atom. The molecule has 24 heavy (non-hydrogen) atoms. The Hall–Kier alpha value is -1.89. The smallest absolute Gasteiger partial charge is 0.410 e. The third-order valence-corrected chi connectivity index (χ3v) is 3.85. The summed E-state index contributed by atoms with van der Waals surface area (Å²) in [5, 5.41) is 0.102. The molecule has 0 spiro atoms. The van der Waals surface area contributed by atoms with Gasteiger partial charge in [-0.2, -0.15) is 12.6 Å².